The normalized spacial score (nSPS) is 19.8. The lowest BCUT2D eigenvalue weighted by atomic mass is 9.87. The van der Waals surface area contributed by atoms with Gasteiger partial charge in [0.25, 0.3) is 5.91 Å². The number of carboxylic acid groups (broad SMARTS) is 1. The molecular formula is C20H25FN4O3. The van der Waals surface area contributed by atoms with E-state index in [9.17, 15) is 14.0 Å². The molecule has 1 aliphatic rings. The Bertz CT molecular complexity index is 851. The number of aliphatic carboxylic acids is 1. The summed E-state index contributed by atoms with van der Waals surface area (Å²) >= 11 is 0. The number of rotatable bonds is 6. The second-order valence-electron chi connectivity index (χ2n) is 7.43. The molecule has 1 fully saturated rings. The smallest absolute Gasteiger partial charge is 0.303 e. The summed E-state index contributed by atoms with van der Waals surface area (Å²) in [6.45, 7) is 1.07. The van der Waals surface area contributed by atoms with Crippen molar-refractivity contribution in [2.45, 2.75) is 25.3 Å². The largest absolute Gasteiger partial charge is 0.481 e. The fraction of sp³-hybridized carbons (Fsp3) is 0.450. The van der Waals surface area contributed by atoms with Crippen molar-refractivity contribution in [3.8, 4) is 11.3 Å². The monoisotopic (exact) mass is 388 g/mol. The minimum atomic E-state index is -0.829. The van der Waals surface area contributed by atoms with E-state index < -0.39 is 5.97 Å². The molecule has 1 saturated heterocycles. The fourth-order valence-electron chi connectivity index (χ4n) is 3.96. The number of hydrogen-bond acceptors (Lipinski definition) is 4. The van der Waals surface area contributed by atoms with Gasteiger partial charge in [-0.3, -0.25) is 14.7 Å². The molecule has 0 unspecified atom stereocenters. The third-order valence-corrected chi connectivity index (χ3v) is 5.36. The summed E-state index contributed by atoms with van der Waals surface area (Å²) in [7, 11) is 3.96. The van der Waals surface area contributed by atoms with Crippen molar-refractivity contribution in [1.29, 1.82) is 0 Å². The van der Waals surface area contributed by atoms with Crippen LogP contribution in [0.5, 0.6) is 0 Å². The van der Waals surface area contributed by atoms with Gasteiger partial charge in [-0.2, -0.15) is 5.10 Å². The zero-order valence-corrected chi connectivity index (χ0v) is 16.1. The Kier molecular flexibility index (Phi) is 6.08. The number of carbonyl (C=O) groups is 2. The van der Waals surface area contributed by atoms with Gasteiger partial charge in [-0.15, -0.1) is 0 Å². The van der Waals surface area contributed by atoms with Gasteiger partial charge in [0.15, 0.2) is 0 Å². The molecule has 2 atom stereocenters. The van der Waals surface area contributed by atoms with Gasteiger partial charge in [0, 0.05) is 31.1 Å². The molecule has 2 N–H and O–H groups in total. The maximum atomic E-state index is 13.6. The predicted octanol–water partition coefficient (Wildman–Crippen LogP) is 2.47. The first-order valence-corrected chi connectivity index (χ1v) is 9.33. The topological polar surface area (TPSA) is 89.5 Å². The molecule has 0 aliphatic carbocycles. The summed E-state index contributed by atoms with van der Waals surface area (Å²) in [5, 5.41) is 15.8. The van der Waals surface area contributed by atoms with Crippen molar-refractivity contribution in [2.24, 2.45) is 5.92 Å². The Morgan fingerprint density at radius 3 is 2.86 bits per heavy atom. The zero-order chi connectivity index (χ0) is 20.3. The molecule has 2 aromatic rings. The van der Waals surface area contributed by atoms with Crippen LogP contribution in [0.3, 0.4) is 0 Å². The molecule has 0 radical (unpaired) electrons. The number of amides is 1. The van der Waals surface area contributed by atoms with Crippen LogP contribution in [0.1, 0.15) is 29.6 Å². The first kappa shape index (κ1) is 20.0. The van der Waals surface area contributed by atoms with Gasteiger partial charge in [0.1, 0.15) is 5.82 Å². The number of aromatic nitrogens is 2. The number of halogens is 1. The SMILES string of the molecule is CN(C)[C@H]1CCN(C(=O)c2cn[nH]c2-c2cccc(F)c2)C[C@H]1CCC(=O)O. The second-order valence-corrected chi connectivity index (χ2v) is 7.43. The first-order valence-electron chi connectivity index (χ1n) is 9.33. The quantitative estimate of drug-likeness (QED) is 0.794. The number of aromatic amines is 1. The van der Waals surface area contributed by atoms with Crippen LogP contribution in [0.4, 0.5) is 4.39 Å². The number of likely N-dealkylation sites (tertiary alicyclic amines) is 1. The maximum Gasteiger partial charge on any atom is 0.303 e. The predicted molar refractivity (Wildman–Crippen MR) is 102 cm³/mol. The van der Waals surface area contributed by atoms with Gasteiger partial charge in [-0.25, -0.2) is 4.39 Å². The van der Waals surface area contributed by atoms with Crippen LogP contribution in [-0.2, 0) is 4.79 Å². The van der Waals surface area contributed by atoms with E-state index >= 15 is 0 Å². The second kappa shape index (κ2) is 8.52. The number of nitrogens with one attached hydrogen (secondary N) is 1. The third kappa shape index (κ3) is 4.39. The van der Waals surface area contributed by atoms with Crippen molar-refractivity contribution >= 4 is 11.9 Å². The van der Waals surface area contributed by atoms with Crippen molar-refractivity contribution in [3.05, 3.63) is 41.8 Å². The first-order chi connectivity index (χ1) is 13.4. The molecule has 8 heteroatoms. The molecule has 1 aromatic heterocycles. The highest BCUT2D eigenvalue weighted by Crippen LogP contribution is 2.28. The van der Waals surface area contributed by atoms with E-state index in [0.717, 1.165) is 6.42 Å². The number of carbonyl (C=O) groups excluding carboxylic acids is 1. The molecule has 1 aromatic carbocycles. The summed E-state index contributed by atoms with van der Waals surface area (Å²) in [5.41, 5.74) is 1.44. The van der Waals surface area contributed by atoms with E-state index in [1.54, 1.807) is 17.0 Å². The van der Waals surface area contributed by atoms with Crippen LogP contribution >= 0.6 is 0 Å². The van der Waals surface area contributed by atoms with Crippen LogP contribution in [0, 0.1) is 11.7 Å². The lowest BCUT2D eigenvalue weighted by molar-refractivity contribution is -0.137. The van der Waals surface area contributed by atoms with E-state index in [-0.39, 0.29) is 30.1 Å². The summed E-state index contributed by atoms with van der Waals surface area (Å²) in [6, 6.07) is 6.25. The zero-order valence-electron chi connectivity index (χ0n) is 16.1. The molecule has 7 nitrogen and oxygen atoms in total. The summed E-state index contributed by atoms with van der Waals surface area (Å²) in [5.74, 6) is -1.31. The van der Waals surface area contributed by atoms with E-state index in [2.05, 4.69) is 15.1 Å². The minimum absolute atomic E-state index is 0.0771. The van der Waals surface area contributed by atoms with Gasteiger partial charge in [0.05, 0.1) is 17.5 Å². The number of piperidine rings is 1. The van der Waals surface area contributed by atoms with Gasteiger partial charge >= 0.3 is 5.97 Å². The Balaban J connectivity index is 1.79. The highest BCUT2D eigenvalue weighted by molar-refractivity contribution is 5.99. The maximum absolute atomic E-state index is 13.6. The lowest BCUT2D eigenvalue weighted by Crippen LogP contribution is -2.50. The van der Waals surface area contributed by atoms with Crippen molar-refractivity contribution in [2.75, 3.05) is 27.2 Å². The summed E-state index contributed by atoms with van der Waals surface area (Å²) in [6.07, 6.45) is 2.84. The molecule has 1 amide bonds. The highest BCUT2D eigenvalue weighted by Gasteiger charge is 2.34. The van der Waals surface area contributed by atoms with E-state index in [0.29, 0.717) is 36.3 Å². The Hall–Kier alpha value is -2.74. The van der Waals surface area contributed by atoms with Crippen LogP contribution in [0.2, 0.25) is 0 Å². The highest BCUT2D eigenvalue weighted by atomic mass is 19.1. The standard InChI is InChI=1S/C20H25FN4O3/c1-24(2)17-8-9-25(12-14(17)6-7-18(26)27)20(28)16-11-22-23-19(16)13-4-3-5-15(21)10-13/h3-5,10-11,14,17H,6-9,12H2,1-2H3,(H,22,23)(H,26,27)/t14-,17+/m1/s1. The Morgan fingerprint density at radius 2 is 2.18 bits per heavy atom. The number of nitrogens with zero attached hydrogens (tertiary/aromatic N) is 3. The third-order valence-electron chi connectivity index (χ3n) is 5.36. The Morgan fingerprint density at radius 1 is 1.39 bits per heavy atom. The van der Waals surface area contributed by atoms with E-state index in [4.69, 9.17) is 5.11 Å². The van der Waals surface area contributed by atoms with E-state index in [1.807, 2.05) is 14.1 Å². The number of hydrogen-bond donors (Lipinski definition) is 2. The molecule has 1 aliphatic heterocycles. The average molecular weight is 388 g/mol. The van der Waals surface area contributed by atoms with Crippen LogP contribution in [0.25, 0.3) is 11.3 Å². The molecular weight excluding hydrogens is 363 g/mol. The molecule has 28 heavy (non-hydrogen) atoms. The molecule has 0 saturated carbocycles. The average Bonchev–Trinajstić information content (AvgIpc) is 3.15. The van der Waals surface area contributed by atoms with Gasteiger partial charge < -0.3 is 14.9 Å². The van der Waals surface area contributed by atoms with Gasteiger partial charge in [-0.1, -0.05) is 12.1 Å². The van der Waals surface area contributed by atoms with Crippen LogP contribution in [-0.4, -0.2) is 70.2 Å². The molecule has 2 heterocycles. The molecule has 3 rings (SSSR count). The van der Waals surface area contributed by atoms with Crippen LogP contribution in [0.15, 0.2) is 30.5 Å². The van der Waals surface area contributed by atoms with Crippen molar-refractivity contribution in [3.63, 3.8) is 0 Å². The summed E-state index contributed by atoms with van der Waals surface area (Å²) in [4.78, 5) is 28.0. The molecule has 150 valence electrons. The minimum Gasteiger partial charge on any atom is -0.481 e. The van der Waals surface area contributed by atoms with Crippen molar-refractivity contribution in [1.82, 2.24) is 20.0 Å². The van der Waals surface area contributed by atoms with E-state index in [1.165, 1.54) is 18.3 Å². The van der Waals surface area contributed by atoms with Crippen molar-refractivity contribution < 1.29 is 19.1 Å². The number of benzene rings is 1. The number of H-pyrrole nitrogens is 1. The van der Waals surface area contributed by atoms with Gasteiger partial charge in [-0.05, 0) is 45.0 Å². The summed E-state index contributed by atoms with van der Waals surface area (Å²) < 4.78 is 13.6. The fourth-order valence-corrected chi connectivity index (χ4v) is 3.96. The Labute approximate surface area is 163 Å². The molecule has 0 spiro atoms. The van der Waals surface area contributed by atoms with Crippen LogP contribution < -0.4 is 0 Å². The van der Waals surface area contributed by atoms with Gasteiger partial charge in [0.2, 0.25) is 0 Å². The number of carboxylic acids is 1. The molecule has 0 bridgehead atoms. The lowest BCUT2D eigenvalue weighted by Gasteiger charge is -2.41.